The smallest absolute Gasteiger partial charge is 0.311 e. The Labute approximate surface area is 343 Å². The van der Waals surface area contributed by atoms with Crippen molar-refractivity contribution in [2.24, 2.45) is 0 Å². The topological polar surface area (TPSA) is 6.48 Å². The Morgan fingerprint density at radius 1 is 0.475 bits per heavy atom. The van der Waals surface area contributed by atoms with Crippen molar-refractivity contribution >= 4 is 78.0 Å². The molecule has 0 N–H and O–H groups in total. The number of para-hydroxylation sites is 2. The zero-order chi connectivity index (χ0) is 39.2. The summed E-state index contributed by atoms with van der Waals surface area (Å²) in [6, 6.07) is 62.7. The molecular weight excluding hydrogens is 752 g/mol. The summed E-state index contributed by atoms with van der Waals surface area (Å²) in [5.74, 6) is 0. The highest BCUT2D eigenvalue weighted by atomic mass is 32.1. The second kappa shape index (κ2) is 11.6. The van der Waals surface area contributed by atoms with Gasteiger partial charge in [-0.05, 0) is 122 Å². The Balaban J connectivity index is 1.11. The van der Waals surface area contributed by atoms with Crippen LogP contribution in [0, 0.1) is 0 Å². The average Bonchev–Trinajstić information content (AvgIpc) is 3.89. The molecule has 0 saturated heterocycles. The highest BCUT2D eigenvalue weighted by Gasteiger charge is 2.52. The van der Waals surface area contributed by atoms with E-state index < -0.39 is 17.2 Å². The molecule has 2 nitrogen and oxygen atoms in total. The van der Waals surface area contributed by atoms with Crippen LogP contribution in [0.15, 0.2) is 182 Å². The van der Waals surface area contributed by atoms with Crippen LogP contribution in [0.2, 0.25) is 0 Å². The van der Waals surface area contributed by atoms with E-state index in [1.807, 2.05) is 23.5 Å². The molecule has 0 atom stereocenters. The molecule has 1 aromatic heterocycles. The molecule has 7 heteroatoms. The number of nitrogens with zero attached hydrogens (tertiary/aromatic N) is 2. The molecule has 0 radical (unpaired) electrons. The minimum atomic E-state index is -4.42. The summed E-state index contributed by atoms with van der Waals surface area (Å²) >= 11 is 1.87. The predicted molar refractivity (Wildman–Crippen MR) is 237 cm³/mol. The normalized spacial score (nSPS) is 14.7. The number of anilines is 6. The van der Waals surface area contributed by atoms with Gasteiger partial charge in [-0.15, -0.1) is 11.3 Å². The molecule has 0 fully saturated rings. The van der Waals surface area contributed by atoms with E-state index in [0.717, 1.165) is 33.7 Å². The number of rotatable bonds is 2. The lowest BCUT2D eigenvalue weighted by Crippen LogP contribution is -2.60. The summed E-state index contributed by atoms with van der Waals surface area (Å²) < 4.78 is 43.8. The molecule has 1 spiro atoms. The monoisotopic (exact) mass is 782 g/mol. The molecule has 2 aliphatic heterocycles. The lowest BCUT2D eigenvalue weighted by Gasteiger charge is -2.43. The number of hydrogen-bond donors (Lipinski definition) is 0. The van der Waals surface area contributed by atoms with Crippen LogP contribution in [0.1, 0.15) is 27.8 Å². The van der Waals surface area contributed by atoms with E-state index in [4.69, 9.17) is 0 Å². The van der Waals surface area contributed by atoms with E-state index >= 15 is 0 Å². The summed E-state index contributed by atoms with van der Waals surface area (Å²) in [5.41, 5.74) is 17.4. The van der Waals surface area contributed by atoms with Crippen molar-refractivity contribution in [3.8, 4) is 22.3 Å². The molecule has 0 saturated carbocycles. The minimum Gasteiger partial charge on any atom is -0.311 e. The summed E-state index contributed by atoms with van der Waals surface area (Å²) in [5, 5.41) is 1.21. The maximum absolute atomic E-state index is 13.8. The second-order valence-electron chi connectivity index (χ2n) is 15.8. The molecule has 2 aliphatic carbocycles. The van der Waals surface area contributed by atoms with Crippen LogP contribution in [-0.4, -0.2) is 6.71 Å². The highest BCUT2D eigenvalue weighted by molar-refractivity contribution is 7.33. The summed E-state index contributed by atoms with van der Waals surface area (Å²) in [4.78, 5) is 4.56. The van der Waals surface area contributed by atoms with Gasteiger partial charge in [0, 0.05) is 43.3 Å². The first-order chi connectivity index (χ1) is 28.9. The minimum absolute atomic E-state index is 0.0977. The fraction of sp³-hybridized carbons (Fsp3) is 0.0385. The Morgan fingerprint density at radius 3 is 1.68 bits per heavy atom. The van der Waals surface area contributed by atoms with Crippen LogP contribution in [0.5, 0.6) is 0 Å². The Bertz CT molecular complexity index is 3200. The van der Waals surface area contributed by atoms with Gasteiger partial charge >= 0.3 is 6.18 Å². The first-order valence-electron chi connectivity index (χ1n) is 19.9. The summed E-state index contributed by atoms with van der Waals surface area (Å²) in [6.45, 7) is -0.0977. The second-order valence-corrected chi connectivity index (χ2v) is 16.9. The quantitative estimate of drug-likeness (QED) is 0.161. The molecule has 0 unspecified atom stereocenters. The first kappa shape index (κ1) is 33.2. The molecule has 3 heterocycles. The van der Waals surface area contributed by atoms with E-state index in [-0.39, 0.29) is 6.71 Å². The zero-order valence-corrected chi connectivity index (χ0v) is 32.2. The van der Waals surface area contributed by atoms with Crippen molar-refractivity contribution in [2.45, 2.75) is 11.6 Å². The molecule has 0 amide bonds. The number of fused-ring (bicyclic) bond motifs is 16. The van der Waals surface area contributed by atoms with E-state index in [0.29, 0.717) is 5.69 Å². The van der Waals surface area contributed by atoms with Crippen LogP contribution >= 0.6 is 11.3 Å². The number of halogens is 3. The SMILES string of the molecule is FC(F)(F)c1ccc(N2c3ccccc3B3c4sc5cc6c(cc5c4N(c4ccccc4)c4cccc2c43)-c2ccccc2C62c3ccccc3-c3ccccc32)cc1. The van der Waals surface area contributed by atoms with Crippen LogP contribution in [0.25, 0.3) is 32.3 Å². The average molecular weight is 783 g/mol. The maximum atomic E-state index is 13.8. The van der Waals surface area contributed by atoms with Crippen molar-refractivity contribution in [3.63, 3.8) is 0 Å². The van der Waals surface area contributed by atoms with Gasteiger partial charge in [0.05, 0.1) is 16.7 Å². The molecule has 9 aromatic rings. The molecule has 8 aromatic carbocycles. The fourth-order valence-electron chi connectivity index (χ4n) is 10.9. The van der Waals surface area contributed by atoms with Crippen LogP contribution in [0.3, 0.4) is 0 Å². The van der Waals surface area contributed by atoms with Crippen molar-refractivity contribution in [3.05, 3.63) is 210 Å². The van der Waals surface area contributed by atoms with Crippen molar-refractivity contribution in [2.75, 3.05) is 9.80 Å². The summed E-state index contributed by atoms with van der Waals surface area (Å²) in [6.07, 6.45) is -4.42. The third-order valence-corrected chi connectivity index (χ3v) is 14.3. The largest absolute Gasteiger partial charge is 0.416 e. The van der Waals surface area contributed by atoms with Gasteiger partial charge in [0.15, 0.2) is 0 Å². The third-order valence-electron chi connectivity index (χ3n) is 13.1. The molecule has 0 bridgehead atoms. The highest BCUT2D eigenvalue weighted by Crippen LogP contribution is 2.64. The fourth-order valence-corrected chi connectivity index (χ4v) is 12.2. The maximum Gasteiger partial charge on any atom is 0.416 e. The van der Waals surface area contributed by atoms with Gasteiger partial charge in [0.25, 0.3) is 6.71 Å². The van der Waals surface area contributed by atoms with Gasteiger partial charge in [0.2, 0.25) is 0 Å². The van der Waals surface area contributed by atoms with Gasteiger partial charge in [0.1, 0.15) is 0 Å². The van der Waals surface area contributed by atoms with Gasteiger partial charge in [-0.1, -0.05) is 115 Å². The molecule has 59 heavy (non-hydrogen) atoms. The molecule has 4 aliphatic rings. The van der Waals surface area contributed by atoms with E-state index in [9.17, 15) is 13.2 Å². The lowest BCUT2D eigenvalue weighted by molar-refractivity contribution is -0.137. The van der Waals surface area contributed by atoms with E-state index in [1.165, 1.54) is 77.2 Å². The Kier molecular flexibility index (Phi) is 6.55. The Morgan fingerprint density at radius 2 is 1.02 bits per heavy atom. The molecule has 278 valence electrons. The van der Waals surface area contributed by atoms with Gasteiger partial charge in [-0.2, -0.15) is 13.2 Å². The standard InChI is InChI=1S/C52H30BF3N2S/c54-52(55,56)31-25-27-33(28-26-31)57-44-22-11-10-21-43(44)53-48-45(57)23-12-24-46(48)58(32-13-2-1-3-14-32)49-38-29-37-36-17-6-9-20-41(36)51(42(37)30-47(38)59-50(49)53)39-18-7-4-15-34(39)35-16-5-8-19-40(35)51/h1-30H. The number of hydrogen-bond acceptors (Lipinski definition) is 3. The van der Waals surface area contributed by atoms with Crippen molar-refractivity contribution in [1.29, 1.82) is 0 Å². The molecular formula is C52H30BF3N2S. The first-order valence-corrected chi connectivity index (χ1v) is 20.7. The van der Waals surface area contributed by atoms with Crippen LogP contribution < -0.4 is 25.5 Å². The third kappa shape index (κ3) is 4.22. The number of alkyl halides is 3. The van der Waals surface area contributed by atoms with Gasteiger partial charge in [-0.25, -0.2) is 0 Å². The van der Waals surface area contributed by atoms with Crippen molar-refractivity contribution < 1.29 is 13.2 Å². The van der Waals surface area contributed by atoms with Crippen molar-refractivity contribution in [1.82, 2.24) is 0 Å². The van der Waals surface area contributed by atoms with Gasteiger partial charge < -0.3 is 9.80 Å². The van der Waals surface area contributed by atoms with Gasteiger partial charge in [-0.3, -0.25) is 0 Å². The Hall–Kier alpha value is -6.83. The van der Waals surface area contributed by atoms with Crippen LogP contribution in [-0.2, 0) is 11.6 Å². The predicted octanol–water partition coefficient (Wildman–Crippen LogP) is 12.3. The number of thiophene rings is 1. The van der Waals surface area contributed by atoms with E-state index in [1.54, 1.807) is 12.1 Å². The van der Waals surface area contributed by atoms with Crippen LogP contribution in [0.4, 0.5) is 47.3 Å². The molecule has 13 rings (SSSR count). The zero-order valence-electron chi connectivity index (χ0n) is 31.3. The van der Waals surface area contributed by atoms with E-state index in [2.05, 4.69) is 155 Å². The summed E-state index contributed by atoms with van der Waals surface area (Å²) in [7, 11) is 0. The number of benzene rings is 8. The lowest BCUT2D eigenvalue weighted by atomic mass is 9.36.